The number of halogens is 2. The molecule has 3 aromatic carbocycles. The molecule has 1 N–H and O–H groups in total. The molecule has 0 spiro atoms. The van der Waals surface area contributed by atoms with E-state index in [4.69, 9.17) is 23.2 Å². The molecule has 3 aromatic rings. The van der Waals surface area contributed by atoms with E-state index >= 15 is 0 Å². The quantitative estimate of drug-likeness (QED) is 0.242. The van der Waals surface area contributed by atoms with Gasteiger partial charge in [0.2, 0.25) is 21.8 Å². The molecule has 1 aliphatic rings. The first kappa shape index (κ1) is 31.9. The van der Waals surface area contributed by atoms with Crippen LogP contribution in [0.3, 0.4) is 0 Å². The van der Waals surface area contributed by atoms with Crippen LogP contribution in [0.1, 0.15) is 49.7 Å². The van der Waals surface area contributed by atoms with Crippen LogP contribution >= 0.6 is 23.2 Å². The second-order valence-electron chi connectivity index (χ2n) is 10.7. The number of rotatable bonds is 13. The van der Waals surface area contributed by atoms with Gasteiger partial charge in [-0.05, 0) is 49.1 Å². The van der Waals surface area contributed by atoms with Gasteiger partial charge in [0.15, 0.2) is 0 Å². The van der Waals surface area contributed by atoms with E-state index in [2.05, 4.69) is 5.32 Å². The van der Waals surface area contributed by atoms with Crippen LogP contribution in [0.2, 0.25) is 10.0 Å². The molecule has 0 radical (unpaired) electrons. The number of anilines is 1. The van der Waals surface area contributed by atoms with Crippen LogP contribution in [-0.2, 0) is 32.6 Å². The zero-order valence-corrected chi connectivity index (χ0v) is 26.0. The first-order valence-corrected chi connectivity index (χ1v) is 16.8. The highest BCUT2D eigenvalue weighted by Crippen LogP contribution is 2.28. The predicted octanol–water partition coefficient (Wildman–Crippen LogP) is 6.24. The molecule has 0 aromatic heterocycles. The molecule has 2 amide bonds. The number of benzene rings is 3. The summed E-state index contributed by atoms with van der Waals surface area (Å²) in [7, 11) is -3.57. The zero-order chi connectivity index (χ0) is 30.1. The summed E-state index contributed by atoms with van der Waals surface area (Å²) in [6.45, 7) is 0.161. The molecule has 1 aliphatic carbocycles. The van der Waals surface area contributed by atoms with Gasteiger partial charge in [-0.15, -0.1) is 0 Å². The number of nitrogens with zero attached hydrogens (tertiary/aromatic N) is 2. The molecule has 0 saturated heterocycles. The molecule has 1 atom stereocenters. The molecule has 42 heavy (non-hydrogen) atoms. The molecule has 1 fully saturated rings. The van der Waals surface area contributed by atoms with Gasteiger partial charge in [-0.1, -0.05) is 90.6 Å². The van der Waals surface area contributed by atoms with Crippen molar-refractivity contribution in [1.29, 1.82) is 0 Å². The minimum Gasteiger partial charge on any atom is -0.352 e. The molecular formula is C32H37Cl2N3O4S. The standard InChI is InChI=1S/C32H37Cl2N3O4S/c1-42(40,41)37(26-16-6-3-7-17-26)21-11-20-31(38)36(23-27-28(33)18-10-19-29(27)34)30(22-24-12-4-2-5-13-24)32(39)35-25-14-8-9-15-25/h2-7,10,12-13,16-19,25,30H,8-9,11,14-15,20-23H2,1H3,(H,35,39). The lowest BCUT2D eigenvalue weighted by Gasteiger charge is -2.33. The lowest BCUT2D eigenvalue weighted by Crippen LogP contribution is -2.52. The summed E-state index contributed by atoms with van der Waals surface area (Å²) < 4.78 is 26.4. The Kier molecular flexibility index (Phi) is 11.3. The largest absolute Gasteiger partial charge is 0.352 e. The van der Waals surface area contributed by atoms with Crippen molar-refractivity contribution < 1.29 is 18.0 Å². The summed E-state index contributed by atoms with van der Waals surface area (Å²) in [5.41, 5.74) is 2.01. The number of nitrogens with one attached hydrogen (secondary N) is 1. The Bertz CT molecular complexity index is 1430. The summed E-state index contributed by atoms with van der Waals surface area (Å²) in [6, 6.07) is 22.8. The van der Waals surface area contributed by atoms with Crippen LogP contribution in [0.4, 0.5) is 5.69 Å². The second kappa shape index (κ2) is 14.9. The maximum absolute atomic E-state index is 14.0. The van der Waals surface area contributed by atoms with Gasteiger partial charge in [0.1, 0.15) is 6.04 Å². The van der Waals surface area contributed by atoms with Crippen molar-refractivity contribution in [1.82, 2.24) is 10.2 Å². The van der Waals surface area contributed by atoms with Crippen molar-refractivity contribution in [2.45, 2.75) is 63.6 Å². The Hall–Kier alpha value is -3.07. The highest BCUT2D eigenvalue weighted by molar-refractivity contribution is 7.92. The smallest absolute Gasteiger partial charge is 0.243 e. The first-order valence-electron chi connectivity index (χ1n) is 14.2. The molecule has 7 nitrogen and oxygen atoms in total. The fraction of sp³-hybridized carbons (Fsp3) is 0.375. The average molecular weight is 631 g/mol. The lowest BCUT2D eigenvalue weighted by atomic mass is 10.0. The van der Waals surface area contributed by atoms with Crippen molar-refractivity contribution in [3.05, 3.63) is 100 Å². The van der Waals surface area contributed by atoms with E-state index in [-0.39, 0.29) is 43.8 Å². The third kappa shape index (κ3) is 8.72. The Labute approximate surface area is 258 Å². The Morgan fingerprint density at radius 2 is 1.50 bits per heavy atom. The summed E-state index contributed by atoms with van der Waals surface area (Å²) in [4.78, 5) is 29.4. The van der Waals surface area contributed by atoms with Crippen LogP contribution in [0.15, 0.2) is 78.9 Å². The molecule has 1 unspecified atom stereocenters. The van der Waals surface area contributed by atoms with Crippen LogP contribution in [0.25, 0.3) is 0 Å². The van der Waals surface area contributed by atoms with Gasteiger partial charge in [0, 0.05) is 47.6 Å². The third-order valence-corrected chi connectivity index (χ3v) is 9.46. The van der Waals surface area contributed by atoms with Gasteiger partial charge in [0.05, 0.1) is 11.9 Å². The minimum atomic E-state index is -3.57. The van der Waals surface area contributed by atoms with Crippen molar-refractivity contribution >= 4 is 50.7 Å². The number of carbonyl (C=O) groups excluding carboxylic acids is 2. The van der Waals surface area contributed by atoms with Gasteiger partial charge in [-0.25, -0.2) is 8.42 Å². The van der Waals surface area contributed by atoms with E-state index in [0.29, 0.717) is 27.7 Å². The Morgan fingerprint density at radius 1 is 0.905 bits per heavy atom. The minimum absolute atomic E-state index is 0.0307. The van der Waals surface area contributed by atoms with E-state index in [0.717, 1.165) is 37.5 Å². The maximum atomic E-state index is 14.0. The number of para-hydroxylation sites is 1. The average Bonchev–Trinajstić information content (AvgIpc) is 3.47. The molecule has 10 heteroatoms. The Balaban J connectivity index is 1.62. The summed E-state index contributed by atoms with van der Waals surface area (Å²) in [5, 5.41) is 3.99. The molecular weight excluding hydrogens is 593 g/mol. The molecule has 0 heterocycles. The predicted molar refractivity (Wildman–Crippen MR) is 169 cm³/mol. The van der Waals surface area contributed by atoms with E-state index in [1.807, 2.05) is 36.4 Å². The van der Waals surface area contributed by atoms with Gasteiger partial charge in [-0.2, -0.15) is 0 Å². The normalized spacial score (nSPS) is 14.4. The SMILES string of the molecule is CS(=O)(=O)N(CCCC(=O)N(Cc1c(Cl)cccc1Cl)C(Cc1ccccc1)C(=O)NC1CCCC1)c1ccccc1. The van der Waals surface area contributed by atoms with E-state index in [1.54, 1.807) is 47.4 Å². The topological polar surface area (TPSA) is 86.8 Å². The molecule has 4 rings (SSSR count). The molecule has 1 saturated carbocycles. The fourth-order valence-corrected chi connectivity index (χ4v) is 6.86. The molecule has 224 valence electrons. The van der Waals surface area contributed by atoms with Gasteiger partial charge >= 0.3 is 0 Å². The van der Waals surface area contributed by atoms with Crippen molar-refractivity contribution in [2.75, 3.05) is 17.1 Å². The van der Waals surface area contributed by atoms with Crippen LogP contribution in [0.5, 0.6) is 0 Å². The highest BCUT2D eigenvalue weighted by atomic mass is 35.5. The number of hydrogen-bond acceptors (Lipinski definition) is 4. The summed E-state index contributed by atoms with van der Waals surface area (Å²) in [5.74, 6) is -0.501. The Morgan fingerprint density at radius 3 is 2.10 bits per heavy atom. The number of hydrogen-bond donors (Lipinski definition) is 1. The second-order valence-corrected chi connectivity index (χ2v) is 13.4. The van der Waals surface area contributed by atoms with E-state index in [1.165, 1.54) is 4.31 Å². The maximum Gasteiger partial charge on any atom is 0.243 e. The highest BCUT2D eigenvalue weighted by Gasteiger charge is 2.33. The zero-order valence-electron chi connectivity index (χ0n) is 23.7. The van der Waals surface area contributed by atoms with Gasteiger partial charge in [0.25, 0.3) is 0 Å². The molecule has 0 aliphatic heterocycles. The monoisotopic (exact) mass is 629 g/mol. The van der Waals surface area contributed by atoms with Gasteiger partial charge in [-0.3, -0.25) is 13.9 Å². The third-order valence-electron chi connectivity index (χ3n) is 7.56. The number of sulfonamides is 1. The first-order chi connectivity index (χ1) is 20.1. The van der Waals surface area contributed by atoms with Crippen LogP contribution < -0.4 is 9.62 Å². The van der Waals surface area contributed by atoms with E-state index in [9.17, 15) is 18.0 Å². The number of amides is 2. The van der Waals surface area contributed by atoms with Crippen molar-refractivity contribution in [2.24, 2.45) is 0 Å². The summed E-state index contributed by atoms with van der Waals surface area (Å²) >= 11 is 13.1. The lowest BCUT2D eigenvalue weighted by molar-refractivity contribution is -0.141. The summed E-state index contributed by atoms with van der Waals surface area (Å²) in [6.07, 6.45) is 5.70. The van der Waals surface area contributed by atoms with Crippen LogP contribution in [0, 0.1) is 0 Å². The van der Waals surface area contributed by atoms with Crippen molar-refractivity contribution in [3.63, 3.8) is 0 Å². The van der Waals surface area contributed by atoms with E-state index < -0.39 is 16.1 Å². The van der Waals surface area contributed by atoms with Crippen LogP contribution in [-0.4, -0.2) is 50.0 Å². The van der Waals surface area contributed by atoms with Crippen molar-refractivity contribution in [3.8, 4) is 0 Å². The molecule has 0 bridgehead atoms. The van der Waals surface area contributed by atoms with Gasteiger partial charge < -0.3 is 10.2 Å². The fourth-order valence-electron chi connectivity index (χ4n) is 5.37. The number of carbonyl (C=O) groups is 2.